The standard InChI is InChI=1S/C14H16FN3O/c1-19-8-7-18(11-12-5-3-2-4-6-12)14-16-9-13(15)10-17-14/h2-6,9-10H,7-8,11H2,1H3. The fourth-order valence-electron chi connectivity index (χ4n) is 1.72. The summed E-state index contributed by atoms with van der Waals surface area (Å²) in [5, 5.41) is 0. The molecular formula is C14H16FN3O. The average Bonchev–Trinajstić information content (AvgIpc) is 2.45. The highest BCUT2D eigenvalue weighted by molar-refractivity contribution is 5.31. The van der Waals surface area contributed by atoms with Crippen LogP contribution in [-0.2, 0) is 11.3 Å². The third-order valence-corrected chi connectivity index (χ3v) is 2.67. The van der Waals surface area contributed by atoms with E-state index in [2.05, 4.69) is 9.97 Å². The molecule has 0 fully saturated rings. The van der Waals surface area contributed by atoms with E-state index >= 15 is 0 Å². The Labute approximate surface area is 111 Å². The van der Waals surface area contributed by atoms with Gasteiger partial charge in [-0.15, -0.1) is 0 Å². The van der Waals surface area contributed by atoms with Gasteiger partial charge in [0.15, 0.2) is 5.82 Å². The Morgan fingerprint density at radius 3 is 2.47 bits per heavy atom. The molecule has 0 amide bonds. The second kappa shape index (κ2) is 6.80. The second-order valence-electron chi connectivity index (χ2n) is 4.10. The molecule has 0 saturated carbocycles. The van der Waals surface area contributed by atoms with Crippen LogP contribution in [0.3, 0.4) is 0 Å². The zero-order valence-electron chi connectivity index (χ0n) is 10.8. The first-order valence-corrected chi connectivity index (χ1v) is 6.05. The zero-order valence-corrected chi connectivity index (χ0v) is 10.8. The van der Waals surface area contributed by atoms with Crippen LogP contribution in [0.15, 0.2) is 42.7 Å². The van der Waals surface area contributed by atoms with Crippen molar-refractivity contribution in [3.8, 4) is 0 Å². The molecule has 0 unspecified atom stereocenters. The monoisotopic (exact) mass is 261 g/mol. The molecule has 1 heterocycles. The molecule has 0 atom stereocenters. The number of ether oxygens (including phenoxy) is 1. The minimum absolute atomic E-state index is 0.435. The molecule has 0 aliphatic heterocycles. The van der Waals surface area contributed by atoms with Crippen LogP contribution in [0.5, 0.6) is 0 Å². The number of hydrogen-bond donors (Lipinski definition) is 0. The molecule has 2 aromatic rings. The Morgan fingerprint density at radius 1 is 1.16 bits per heavy atom. The lowest BCUT2D eigenvalue weighted by atomic mass is 10.2. The Balaban J connectivity index is 2.13. The van der Waals surface area contributed by atoms with Crippen molar-refractivity contribution in [3.63, 3.8) is 0 Å². The van der Waals surface area contributed by atoms with Crippen LogP contribution < -0.4 is 4.90 Å². The molecule has 5 heteroatoms. The largest absolute Gasteiger partial charge is 0.383 e. The minimum atomic E-state index is -0.435. The van der Waals surface area contributed by atoms with Crippen LogP contribution in [0.1, 0.15) is 5.56 Å². The quantitative estimate of drug-likeness (QED) is 0.799. The number of aromatic nitrogens is 2. The zero-order chi connectivity index (χ0) is 13.5. The third kappa shape index (κ3) is 3.99. The summed E-state index contributed by atoms with van der Waals surface area (Å²) in [5.74, 6) is 0.0671. The third-order valence-electron chi connectivity index (χ3n) is 2.67. The summed E-state index contributed by atoms with van der Waals surface area (Å²) >= 11 is 0. The molecule has 2 rings (SSSR count). The van der Waals surface area contributed by atoms with Crippen LogP contribution in [0, 0.1) is 5.82 Å². The summed E-state index contributed by atoms with van der Waals surface area (Å²) in [4.78, 5) is 9.98. The summed E-state index contributed by atoms with van der Waals surface area (Å²) in [7, 11) is 1.65. The number of benzene rings is 1. The van der Waals surface area contributed by atoms with Crippen LogP contribution in [0.25, 0.3) is 0 Å². The van der Waals surface area contributed by atoms with Crippen molar-refractivity contribution >= 4 is 5.95 Å². The van der Waals surface area contributed by atoms with Crippen molar-refractivity contribution in [1.29, 1.82) is 0 Å². The van der Waals surface area contributed by atoms with Gasteiger partial charge < -0.3 is 9.64 Å². The molecule has 0 N–H and O–H groups in total. The van der Waals surface area contributed by atoms with E-state index in [-0.39, 0.29) is 0 Å². The molecule has 4 nitrogen and oxygen atoms in total. The van der Waals surface area contributed by atoms with Gasteiger partial charge in [0.05, 0.1) is 19.0 Å². The lowest BCUT2D eigenvalue weighted by molar-refractivity contribution is 0.204. The van der Waals surface area contributed by atoms with Gasteiger partial charge in [0, 0.05) is 20.2 Å². The number of hydrogen-bond acceptors (Lipinski definition) is 4. The normalized spacial score (nSPS) is 10.4. The van der Waals surface area contributed by atoms with Gasteiger partial charge in [-0.05, 0) is 5.56 Å². The highest BCUT2D eigenvalue weighted by Crippen LogP contribution is 2.11. The summed E-state index contributed by atoms with van der Waals surface area (Å²) < 4.78 is 17.9. The van der Waals surface area contributed by atoms with Gasteiger partial charge in [0.25, 0.3) is 0 Å². The lowest BCUT2D eigenvalue weighted by Gasteiger charge is -2.22. The van der Waals surface area contributed by atoms with Crippen molar-refractivity contribution < 1.29 is 9.13 Å². The minimum Gasteiger partial charge on any atom is -0.383 e. The molecule has 1 aromatic heterocycles. The number of methoxy groups -OCH3 is 1. The molecule has 0 spiro atoms. The predicted molar refractivity (Wildman–Crippen MR) is 71.4 cm³/mol. The number of halogens is 1. The van der Waals surface area contributed by atoms with Gasteiger partial charge in [0.2, 0.25) is 5.95 Å². The van der Waals surface area contributed by atoms with E-state index in [0.717, 1.165) is 5.56 Å². The molecule has 0 bridgehead atoms. The maximum atomic E-state index is 12.9. The first-order valence-electron chi connectivity index (χ1n) is 6.05. The van der Waals surface area contributed by atoms with Crippen molar-refractivity contribution in [1.82, 2.24) is 9.97 Å². The second-order valence-corrected chi connectivity index (χ2v) is 4.10. The summed E-state index contributed by atoms with van der Waals surface area (Å²) in [6, 6.07) is 9.99. The van der Waals surface area contributed by atoms with Crippen molar-refractivity contribution in [2.45, 2.75) is 6.54 Å². The average molecular weight is 261 g/mol. The van der Waals surface area contributed by atoms with Gasteiger partial charge in [0.1, 0.15) is 0 Å². The molecule has 0 radical (unpaired) electrons. The van der Waals surface area contributed by atoms with E-state index in [0.29, 0.717) is 25.6 Å². The van der Waals surface area contributed by atoms with Crippen LogP contribution in [-0.4, -0.2) is 30.2 Å². The SMILES string of the molecule is COCCN(Cc1ccccc1)c1ncc(F)cn1. The van der Waals surface area contributed by atoms with Crippen LogP contribution in [0.4, 0.5) is 10.3 Å². The van der Waals surface area contributed by atoms with E-state index < -0.39 is 5.82 Å². The van der Waals surface area contributed by atoms with Crippen LogP contribution >= 0.6 is 0 Å². The molecule has 19 heavy (non-hydrogen) atoms. The van der Waals surface area contributed by atoms with E-state index in [1.807, 2.05) is 35.2 Å². The predicted octanol–water partition coefficient (Wildman–Crippen LogP) is 2.27. The molecule has 0 aliphatic rings. The molecule has 0 aliphatic carbocycles. The van der Waals surface area contributed by atoms with E-state index in [4.69, 9.17) is 4.74 Å². The molecule has 0 saturated heterocycles. The van der Waals surface area contributed by atoms with Crippen molar-refractivity contribution in [3.05, 3.63) is 54.1 Å². The number of nitrogens with zero attached hydrogens (tertiary/aromatic N) is 3. The van der Waals surface area contributed by atoms with E-state index in [1.165, 1.54) is 12.4 Å². The molecule has 100 valence electrons. The van der Waals surface area contributed by atoms with Crippen molar-refractivity contribution in [2.24, 2.45) is 0 Å². The van der Waals surface area contributed by atoms with Gasteiger partial charge in [-0.1, -0.05) is 30.3 Å². The highest BCUT2D eigenvalue weighted by Gasteiger charge is 2.10. The van der Waals surface area contributed by atoms with Gasteiger partial charge in [-0.3, -0.25) is 0 Å². The molecule has 1 aromatic carbocycles. The lowest BCUT2D eigenvalue weighted by Crippen LogP contribution is -2.28. The number of rotatable bonds is 6. The van der Waals surface area contributed by atoms with Crippen molar-refractivity contribution in [2.75, 3.05) is 25.2 Å². The Morgan fingerprint density at radius 2 is 1.84 bits per heavy atom. The summed E-state index contributed by atoms with van der Waals surface area (Å²) in [6.45, 7) is 1.88. The Hall–Kier alpha value is -2.01. The first kappa shape index (κ1) is 13.4. The van der Waals surface area contributed by atoms with Gasteiger partial charge in [-0.2, -0.15) is 0 Å². The Bertz CT molecular complexity index is 490. The van der Waals surface area contributed by atoms with E-state index in [9.17, 15) is 4.39 Å². The highest BCUT2D eigenvalue weighted by atomic mass is 19.1. The smallest absolute Gasteiger partial charge is 0.225 e. The van der Waals surface area contributed by atoms with E-state index in [1.54, 1.807) is 7.11 Å². The van der Waals surface area contributed by atoms with Crippen LogP contribution in [0.2, 0.25) is 0 Å². The maximum absolute atomic E-state index is 12.9. The number of anilines is 1. The first-order chi connectivity index (χ1) is 9.29. The molecular weight excluding hydrogens is 245 g/mol. The van der Waals surface area contributed by atoms with Gasteiger partial charge in [-0.25, -0.2) is 14.4 Å². The topological polar surface area (TPSA) is 38.2 Å². The fourth-order valence-corrected chi connectivity index (χ4v) is 1.72. The fraction of sp³-hybridized carbons (Fsp3) is 0.286. The summed E-state index contributed by atoms with van der Waals surface area (Å²) in [5.41, 5.74) is 1.14. The Kier molecular flexibility index (Phi) is 4.80. The summed E-state index contributed by atoms with van der Waals surface area (Å²) in [6.07, 6.45) is 2.35. The maximum Gasteiger partial charge on any atom is 0.225 e. The van der Waals surface area contributed by atoms with Gasteiger partial charge >= 0.3 is 0 Å².